The Balaban J connectivity index is 1.64. The van der Waals surface area contributed by atoms with Crippen LogP contribution in [0, 0.1) is 5.92 Å². The monoisotopic (exact) mass is 478 g/mol. The fourth-order valence-electron chi connectivity index (χ4n) is 3.47. The summed E-state index contributed by atoms with van der Waals surface area (Å²) in [7, 11) is 1.37. The summed E-state index contributed by atoms with van der Waals surface area (Å²) in [6.45, 7) is 3.66. The van der Waals surface area contributed by atoms with Crippen LogP contribution in [0.3, 0.4) is 0 Å². The maximum atomic E-state index is 12.8. The van der Waals surface area contributed by atoms with Crippen LogP contribution in [0.4, 0.5) is 0 Å². The molecule has 3 aromatic rings. The Morgan fingerprint density at radius 1 is 1.00 bits per heavy atom. The first-order valence-electron chi connectivity index (χ1n) is 11.3. The number of para-hydroxylation sites is 1. The van der Waals surface area contributed by atoms with Crippen molar-refractivity contribution in [2.24, 2.45) is 5.92 Å². The molecule has 0 aliphatic carbocycles. The summed E-state index contributed by atoms with van der Waals surface area (Å²) >= 11 is 0. The van der Waals surface area contributed by atoms with E-state index in [0.717, 1.165) is 11.3 Å². The highest BCUT2D eigenvalue weighted by molar-refractivity contribution is 5.97. The van der Waals surface area contributed by atoms with Gasteiger partial charge in [-0.15, -0.1) is 0 Å². The van der Waals surface area contributed by atoms with Gasteiger partial charge in [0.2, 0.25) is 0 Å². The number of rotatable bonds is 11. The fourth-order valence-corrected chi connectivity index (χ4v) is 3.47. The molecule has 2 N–H and O–H groups in total. The topological polar surface area (TPSA) is 107 Å². The van der Waals surface area contributed by atoms with E-state index in [-0.39, 0.29) is 17.4 Å². The number of esters is 1. The van der Waals surface area contributed by atoms with Gasteiger partial charge in [-0.25, -0.2) is 9.78 Å². The van der Waals surface area contributed by atoms with Crippen LogP contribution < -0.4 is 14.8 Å². The molecule has 2 aromatic carbocycles. The minimum absolute atomic E-state index is 0.108. The second-order valence-corrected chi connectivity index (χ2v) is 8.12. The van der Waals surface area contributed by atoms with E-state index in [2.05, 4.69) is 10.3 Å². The fraction of sp³-hybridized carbons (Fsp3) is 0.296. The molecule has 0 aliphatic rings. The Morgan fingerprint density at radius 2 is 1.66 bits per heavy atom. The van der Waals surface area contributed by atoms with Gasteiger partial charge in [0, 0.05) is 18.2 Å². The van der Waals surface area contributed by atoms with E-state index in [4.69, 9.17) is 14.2 Å². The summed E-state index contributed by atoms with van der Waals surface area (Å²) < 4.78 is 16.7. The molecule has 3 atom stereocenters. The number of benzene rings is 2. The predicted octanol–water partition coefficient (Wildman–Crippen LogP) is 3.78. The SMILES string of the molecule is COc1ccnc(C(=O)N[C@@H](C)C(=O)O[C@@H](C)[C@@H](COc2ccccc2)Cc2ccccc2)c1O. The molecule has 1 heterocycles. The first-order chi connectivity index (χ1) is 16.9. The third-order valence-corrected chi connectivity index (χ3v) is 5.54. The Morgan fingerprint density at radius 3 is 2.31 bits per heavy atom. The summed E-state index contributed by atoms with van der Waals surface area (Å²) in [4.78, 5) is 29.2. The number of ether oxygens (including phenoxy) is 3. The number of nitrogens with zero attached hydrogens (tertiary/aromatic N) is 1. The van der Waals surface area contributed by atoms with E-state index < -0.39 is 29.8 Å². The van der Waals surface area contributed by atoms with Gasteiger partial charge in [0.25, 0.3) is 5.91 Å². The lowest BCUT2D eigenvalue weighted by Gasteiger charge is -2.26. The number of carbonyl (C=O) groups is 2. The van der Waals surface area contributed by atoms with E-state index in [0.29, 0.717) is 13.0 Å². The zero-order chi connectivity index (χ0) is 25.2. The molecule has 8 nitrogen and oxygen atoms in total. The van der Waals surface area contributed by atoms with E-state index in [1.807, 2.05) is 67.6 Å². The summed E-state index contributed by atoms with van der Waals surface area (Å²) in [5, 5.41) is 12.7. The van der Waals surface area contributed by atoms with Crippen molar-refractivity contribution in [3.63, 3.8) is 0 Å². The van der Waals surface area contributed by atoms with Crippen molar-refractivity contribution < 1.29 is 28.9 Å². The molecular formula is C27H30N2O6. The van der Waals surface area contributed by atoms with Crippen LogP contribution in [0.25, 0.3) is 0 Å². The molecule has 0 spiro atoms. The zero-order valence-corrected chi connectivity index (χ0v) is 20.0. The zero-order valence-electron chi connectivity index (χ0n) is 20.0. The first-order valence-corrected chi connectivity index (χ1v) is 11.3. The van der Waals surface area contributed by atoms with Crippen molar-refractivity contribution in [1.82, 2.24) is 10.3 Å². The number of amides is 1. The summed E-state index contributed by atoms with van der Waals surface area (Å²) in [6, 6.07) is 19.8. The minimum Gasteiger partial charge on any atom is -0.503 e. The van der Waals surface area contributed by atoms with Gasteiger partial charge in [-0.3, -0.25) is 4.79 Å². The van der Waals surface area contributed by atoms with Gasteiger partial charge in [-0.2, -0.15) is 0 Å². The Labute approximate surface area is 204 Å². The lowest BCUT2D eigenvalue weighted by molar-refractivity contribution is -0.153. The highest BCUT2D eigenvalue weighted by Crippen LogP contribution is 2.27. The van der Waals surface area contributed by atoms with E-state index in [1.165, 1.54) is 26.3 Å². The maximum Gasteiger partial charge on any atom is 0.328 e. The van der Waals surface area contributed by atoms with Crippen molar-refractivity contribution in [3.8, 4) is 17.2 Å². The molecule has 0 unspecified atom stereocenters. The standard InChI is InChI=1S/C27H30N2O6/c1-18(29-26(31)24-25(30)23(33-3)14-15-28-24)27(32)35-19(2)21(16-20-10-6-4-7-11-20)17-34-22-12-8-5-9-13-22/h4-15,18-19,21,30H,16-17H2,1-3H3,(H,29,31)/t18-,19-,21+/m0/s1. The van der Waals surface area contributed by atoms with Gasteiger partial charge in [0.1, 0.15) is 17.9 Å². The summed E-state index contributed by atoms with van der Waals surface area (Å²) in [6.07, 6.45) is 1.48. The highest BCUT2D eigenvalue weighted by Gasteiger charge is 2.27. The Bertz CT molecular complexity index is 1110. The van der Waals surface area contributed by atoms with Crippen LogP contribution in [-0.2, 0) is 16.0 Å². The van der Waals surface area contributed by atoms with Gasteiger partial charge >= 0.3 is 5.97 Å². The van der Waals surface area contributed by atoms with Crippen LogP contribution in [0.5, 0.6) is 17.2 Å². The first kappa shape index (κ1) is 25.6. The Kier molecular flexibility index (Phi) is 9.06. The highest BCUT2D eigenvalue weighted by atomic mass is 16.5. The average molecular weight is 479 g/mol. The molecular weight excluding hydrogens is 448 g/mol. The number of methoxy groups -OCH3 is 1. The third-order valence-electron chi connectivity index (χ3n) is 5.54. The molecule has 35 heavy (non-hydrogen) atoms. The van der Waals surface area contributed by atoms with Crippen molar-refractivity contribution in [2.45, 2.75) is 32.4 Å². The molecule has 1 aromatic heterocycles. The van der Waals surface area contributed by atoms with Crippen LogP contribution in [0.15, 0.2) is 72.9 Å². The lowest BCUT2D eigenvalue weighted by atomic mass is 9.95. The summed E-state index contributed by atoms with van der Waals surface area (Å²) in [5.74, 6) is -1.01. The number of aromatic hydroxyl groups is 1. The normalized spacial score (nSPS) is 13.2. The van der Waals surface area contributed by atoms with E-state index >= 15 is 0 Å². The lowest BCUT2D eigenvalue weighted by Crippen LogP contribution is -2.42. The molecule has 0 bridgehead atoms. The van der Waals surface area contributed by atoms with Crippen LogP contribution in [0.1, 0.15) is 29.9 Å². The largest absolute Gasteiger partial charge is 0.503 e. The van der Waals surface area contributed by atoms with Crippen molar-refractivity contribution in [2.75, 3.05) is 13.7 Å². The number of hydrogen-bond acceptors (Lipinski definition) is 7. The predicted molar refractivity (Wildman–Crippen MR) is 131 cm³/mol. The smallest absolute Gasteiger partial charge is 0.328 e. The number of hydrogen-bond donors (Lipinski definition) is 2. The second kappa shape index (κ2) is 12.4. The van der Waals surface area contributed by atoms with Crippen molar-refractivity contribution >= 4 is 11.9 Å². The van der Waals surface area contributed by atoms with Gasteiger partial charge in [0.05, 0.1) is 13.7 Å². The second-order valence-electron chi connectivity index (χ2n) is 8.12. The van der Waals surface area contributed by atoms with E-state index in [9.17, 15) is 14.7 Å². The molecule has 0 radical (unpaired) electrons. The number of carbonyl (C=O) groups excluding carboxylic acids is 2. The maximum absolute atomic E-state index is 12.8. The van der Waals surface area contributed by atoms with Gasteiger partial charge in [-0.1, -0.05) is 48.5 Å². The minimum atomic E-state index is -0.968. The molecule has 0 aliphatic heterocycles. The van der Waals surface area contributed by atoms with Crippen LogP contribution in [-0.4, -0.2) is 47.8 Å². The molecule has 0 saturated heterocycles. The van der Waals surface area contributed by atoms with Crippen molar-refractivity contribution in [3.05, 3.63) is 84.2 Å². The molecule has 0 saturated carbocycles. The molecule has 8 heteroatoms. The number of aromatic nitrogens is 1. The average Bonchev–Trinajstić information content (AvgIpc) is 2.87. The van der Waals surface area contributed by atoms with Gasteiger partial charge in [-0.05, 0) is 38.0 Å². The molecule has 3 rings (SSSR count). The number of pyridine rings is 1. The van der Waals surface area contributed by atoms with Crippen LogP contribution in [0.2, 0.25) is 0 Å². The quantitative estimate of drug-likeness (QED) is 0.404. The molecule has 184 valence electrons. The van der Waals surface area contributed by atoms with Crippen molar-refractivity contribution in [1.29, 1.82) is 0 Å². The third kappa shape index (κ3) is 7.20. The molecule has 1 amide bonds. The Hall–Kier alpha value is -4.07. The van der Waals surface area contributed by atoms with Gasteiger partial charge in [0.15, 0.2) is 17.2 Å². The number of nitrogens with one attached hydrogen (secondary N) is 1. The molecule has 0 fully saturated rings. The van der Waals surface area contributed by atoms with Gasteiger partial charge < -0.3 is 24.6 Å². The van der Waals surface area contributed by atoms with E-state index in [1.54, 1.807) is 0 Å². The summed E-state index contributed by atoms with van der Waals surface area (Å²) in [5.41, 5.74) is 0.855. The van der Waals surface area contributed by atoms with Crippen LogP contribution >= 0.6 is 0 Å².